The fourth-order valence-electron chi connectivity index (χ4n) is 1.60. The molecule has 3 heteroatoms. The maximum Gasteiger partial charge on any atom is 0.156 e. The van der Waals surface area contributed by atoms with Crippen molar-refractivity contribution in [3.8, 4) is 0 Å². The van der Waals surface area contributed by atoms with Crippen LogP contribution in [0, 0.1) is 0 Å². The molecular formula is C10H20N2S. The molecule has 1 aliphatic rings. The molecule has 0 atom stereocenters. The number of aliphatic imine (C=N–C) groups is 1. The van der Waals surface area contributed by atoms with Crippen LogP contribution in [0.4, 0.5) is 0 Å². The van der Waals surface area contributed by atoms with E-state index in [9.17, 15) is 0 Å². The SMILES string of the molecule is CSC(=NC1CCCC1)NC(C)C. The summed E-state index contributed by atoms with van der Waals surface area (Å²) in [5.41, 5.74) is 0. The third kappa shape index (κ3) is 4.03. The van der Waals surface area contributed by atoms with Crippen LogP contribution in [0.25, 0.3) is 0 Å². The monoisotopic (exact) mass is 200 g/mol. The molecule has 0 saturated heterocycles. The van der Waals surface area contributed by atoms with Crippen LogP contribution in [0.5, 0.6) is 0 Å². The smallest absolute Gasteiger partial charge is 0.156 e. The summed E-state index contributed by atoms with van der Waals surface area (Å²) in [5, 5.41) is 4.48. The summed E-state index contributed by atoms with van der Waals surface area (Å²) in [7, 11) is 0. The van der Waals surface area contributed by atoms with Crippen LogP contribution in [0.3, 0.4) is 0 Å². The molecule has 76 valence electrons. The Kier molecular flexibility index (Phi) is 4.64. The van der Waals surface area contributed by atoms with Crippen molar-refractivity contribution in [3.05, 3.63) is 0 Å². The van der Waals surface area contributed by atoms with Gasteiger partial charge in [-0.05, 0) is 32.9 Å². The Morgan fingerprint density at radius 2 is 2.00 bits per heavy atom. The molecule has 0 spiro atoms. The summed E-state index contributed by atoms with van der Waals surface area (Å²) in [6.07, 6.45) is 7.37. The van der Waals surface area contributed by atoms with E-state index in [0.29, 0.717) is 12.1 Å². The molecule has 1 rings (SSSR count). The first kappa shape index (κ1) is 10.9. The zero-order valence-electron chi connectivity index (χ0n) is 8.84. The topological polar surface area (TPSA) is 24.4 Å². The molecule has 1 saturated carbocycles. The summed E-state index contributed by atoms with van der Waals surface area (Å²) in [5.74, 6) is 0. The Morgan fingerprint density at radius 1 is 1.38 bits per heavy atom. The van der Waals surface area contributed by atoms with E-state index in [1.54, 1.807) is 11.8 Å². The number of nitrogens with one attached hydrogen (secondary N) is 1. The molecule has 13 heavy (non-hydrogen) atoms. The largest absolute Gasteiger partial charge is 0.363 e. The highest BCUT2D eigenvalue weighted by atomic mass is 32.2. The van der Waals surface area contributed by atoms with Crippen LogP contribution in [0.1, 0.15) is 39.5 Å². The van der Waals surface area contributed by atoms with Gasteiger partial charge < -0.3 is 5.32 Å². The Bertz CT molecular complexity index is 172. The number of hydrogen-bond donors (Lipinski definition) is 1. The highest BCUT2D eigenvalue weighted by Gasteiger charge is 2.14. The lowest BCUT2D eigenvalue weighted by Gasteiger charge is -2.12. The minimum atomic E-state index is 0.493. The van der Waals surface area contributed by atoms with Crippen LogP contribution in [-0.2, 0) is 0 Å². The van der Waals surface area contributed by atoms with Gasteiger partial charge in [-0.3, -0.25) is 4.99 Å². The summed E-state index contributed by atoms with van der Waals surface area (Å²) < 4.78 is 0. The lowest BCUT2D eigenvalue weighted by atomic mass is 10.3. The quantitative estimate of drug-likeness (QED) is 0.547. The van der Waals surface area contributed by atoms with E-state index >= 15 is 0 Å². The second-order valence-corrected chi connectivity index (χ2v) is 4.67. The van der Waals surface area contributed by atoms with Crippen molar-refractivity contribution in [3.63, 3.8) is 0 Å². The zero-order chi connectivity index (χ0) is 9.68. The number of nitrogens with zero attached hydrogens (tertiary/aromatic N) is 1. The lowest BCUT2D eigenvalue weighted by Crippen LogP contribution is -2.28. The molecule has 0 aromatic rings. The predicted molar refractivity (Wildman–Crippen MR) is 61.5 cm³/mol. The van der Waals surface area contributed by atoms with Gasteiger partial charge in [0, 0.05) is 6.04 Å². The second-order valence-electron chi connectivity index (χ2n) is 3.88. The van der Waals surface area contributed by atoms with E-state index in [-0.39, 0.29) is 0 Å². The van der Waals surface area contributed by atoms with Crippen LogP contribution in [-0.4, -0.2) is 23.5 Å². The zero-order valence-corrected chi connectivity index (χ0v) is 9.66. The van der Waals surface area contributed by atoms with Crippen LogP contribution in [0.2, 0.25) is 0 Å². The van der Waals surface area contributed by atoms with Gasteiger partial charge in [0.05, 0.1) is 6.04 Å². The third-order valence-corrected chi connectivity index (χ3v) is 2.84. The molecule has 0 radical (unpaired) electrons. The van der Waals surface area contributed by atoms with Crippen LogP contribution >= 0.6 is 11.8 Å². The Hall–Kier alpha value is -0.180. The van der Waals surface area contributed by atoms with Gasteiger partial charge in [0.15, 0.2) is 5.17 Å². The van der Waals surface area contributed by atoms with Gasteiger partial charge in [-0.2, -0.15) is 0 Å². The van der Waals surface area contributed by atoms with E-state index < -0.39 is 0 Å². The molecule has 0 aromatic heterocycles. The maximum absolute atomic E-state index is 4.70. The van der Waals surface area contributed by atoms with Crippen molar-refractivity contribution < 1.29 is 0 Å². The molecule has 0 aromatic carbocycles. The van der Waals surface area contributed by atoms with Crippen molar-refractivity contribution in [2.45, 2.75) is 51.6 Å². The summed E-state index contributed by atoms with van der Waals surface area (Å²) in [6, 6.07) is 1.08. The van der Waals surface area contributed by atoms with Crippen molar-refractivity contribution in [2.75, 3.05) is 6.26 Å². The normalized spacial score (nSPS) is 19.8. The summed E-state index contributed by atoms with van der Waals surface area (Å²) in [4.78, 5) is 4.70. The fraction of sp³-hybridized carbons (Fsp3) is 0.900. The highest BCUT2D eigenvalue weighted by molar-refractivity contribution is 8.13. The minimum absolute atomic E-state index is 0.493. The van der Waals surface area contributed by atoms with E-state index in [4.69, 9.17) is 4.99 Å². The average Bonchev–Trinajstić information content (AvgIpc) is 2.55. The lowest BCUT2D eigenvalue weighted by molar-refractivity contribution is 0.686. The van der Waals surface area contributed by atoms with Gasteiger partial charge >= 0.3 is 0 Å². The maximum atomic E-state index is 4.70. The first-order valence-corrected chi connectivity index (χ1v) is 6.33. The van der Waals surface area contributed by atoms with Crippen molar-refractivity contribution >= 4 is 16.9 Å². The van der Waals surface area contributed by atoms with Crippen molar-refractivity contribution in [1.29, 1.82) is 0 Å². The average molecular weight is 200 g/mol. The van der Waals surface area contributed by atoms with Gasteiger partial charge in [0.25, 0.3) is 0 Å². The Morgan fingerprint density at radius 3 is 2.46 bits per heavy atom. The van der Waals surface area contributed by atoms with E-state index in [1.165, 1.54) is 25.7 Å². The molecule has 1 fully saturated rings. The molecule has 0 unspecified atom stereocenters. The van der Waals surface area contributed by atoms with E-state index in [1.807, 2.05) is 0 Å². The molecule has 0 heterocycles. The van der Waals surface area contributed by atoms with Gasteiger partial charge in [0.1, 0.15) is 0 Å². The molecule has 1 aliphatic carbocycles. The molecule has 0 bridgehead atoms. The molecule has 0 amide bonds. The van der Waals surface area contributed by atoms with Gasteiger partial charge in [-0.25, -0.2) is 0 Å². The number of rotatable bonds is 2. The number of amidine groups is 1. The third-order valence-electron chi connectivity index (χ3n) is 2.23. The standard InChI is InChI=1S/C10H20N2S/c1-8(2)11-10(13-3)12-9-6-4-5-7-9/h8-9H,4-7H2,1-3H3,(H,11,12). The van der Waals surface area contributed by atoms with Crippen LogP contribution in [0.15, 0.2) is 4.99 Å². The van der Waals surface area contributed by atoms with Gasteiger partial charge in [-0.15, -0.1) is 0 Å². The van der Waals surface area contributed by atoms with E-state index in [2.05, 4.69) is 25.4 Å². The first-order chi connectivity index (χ1) is 6.22. The second kappa shape index (κ2) is 5.53. The first-order valence-electron chi connectivity index (χ1n) is 5.10. The number of hydrogen-bond acceptors (Lipinski definition) is 2. The fourth-order valence-corrected chi connectivity index (χ4v) is 2.20. The number of thioether (sulfide) groups is 1. The van der Waals surface area contributed by atoms with Crippen molar-refractivity contribution in [2.24, 2.45) is 4.99 Å². The summed E-state index contributed by atoms with van der Waals surface area (Å²) >= 11 is 1.72. The molecule has 1 N–H and O–H groups in total. The molecule has 0 aliphatic heterocycles. The van der Waals surface area contributed by atoms with Crippen molar-refractivity contribution in [1.82, 2.24) is 5.32 Å². The summed E-state index contributed by atoms with van der Waals surface area (Å²) in [6.45, 7) is 4.31. The van der Waals surface area contributed by atoms with E-state index in [0.717, 1.165) is 5.17 Å². The predicted octanol–water partition coefficient (Wildman–Crippen LogP) is 2.65. The van der Waals surface area contributed by atoms with Gasteiger partial charge in [-0.1, -0.05) is 24.6 Å². The Labute approximate surface area is 85.6 Å². The van der Waals surface area contributed by atoms with Crippen LogP contribution < -0.4 is 5.32 Å². The highest BCUT2D eigenvalue weighted by Crippen LogP contribution is 2.21. The minimum Gasteiger partial charge on any atom is -0.363 e. The Balaban J connectivity index is 2.43. The van der Waals surface area contributed by atoms with Gasteiger partial charge in [0.2, 0.25) is 0 Å². The molecule has 2 nitrogen and oxygen atoms in total. The molecular weight excluding hydrogens is 180 g/mol.